The molecule has 2 atom stereocenters. The van der Waals surface area contributed by atoms with Crippen molar-refractivity contribution in [1.82, 2.24) is 29.5 Å². The van der Waals surface area contributed by atoms with Gasteiger partial charge in [-0.15, -0.1) is 0 Å². The van der Waals surface area contributed by atoms with Gasteiger partial charge in [-0.05, 0) is 31.4 Å². The molecule has 3 aliphatic heterocycles. The summed E-state index contributed by atoms with van der Waals surface area (Å²) in [5.41, 5.74) is 2.29. The van der Waals surface area contributed by atoms with Gasteiger partial charge in [-0.25, -0.2) is 9.97 Å². The van der Waals surface area contributed by atoms with Crippen molar-refractivity contribution in [2.45, 2.75) is 43.9 Å². The van der Waals surface area contributed by atoms with Crippen LogP contribution in [-0.4, -0.2) is 105 Å². The highest BCUT2D eigenvalue weighted by atomic mass is 19.4. The second-order valence-electron chi connectivity index (χ2n) is 10.5. The van der Waals surface area contributed by atoms with E-state index in [0.29, 0.717) is 45.8 Å². The number of anilines is 2. The fraction of sp³-hybridized carbons (Fsp3) is 0.615. The zero-order chi connectivity index (χ0) is 27.9. The van der Waals surface area contributed by atoms with Crippen LogP contribution >= 0.6 is 0 Å². The molecule has 0 aromatic carbocycles. The first-order valence-corrected chi connectivity index (χ1v) is 13.3. The van der Waals surface area contributed by atoms with E-state index in [1.54, 1.807) is 15.9 Å². The Kier molecular flexibility index (Phi) is 7.55. The Morgan fingerprint density at radius 1 is 1.13 bits per heavy atom. The highest BCUT2D eigenvalue weighted by Crippen LogP contribution is 2.37. The van der Waals surface area contributed by atoms with Crippen molar-refractivity contribution in [3.63, 3.8) is 0 Å². The minimum absolute atomic E-state index is 0.0402. The summed E-state index contributed by atoms with van der Waals surface area (Å²) in [6.07, 6.45) is 0.0119. The highest BCUT2D eigenvalue weighted by molar-refractivity contribution is 5.87. The predicted molar refractivity (Wildman–Crippen MR) is 140 cm³/mol. The molecule has 1 N–H and O–H groups in total. The van der Waals surface area contributed by atoms with Crippen molar-refractivity contribution < 1.29 is 23.1 Å². The molecule has 13 heteroatoms. The summed E-state index contributed by atoms with van der Waals surface area (Å²) >= 11 is 0. The lowest BCUT2D eigenvalue weighted by atomic mass is 9.91. The standard InChI is InChI=1S/C26H35F3N8O2/c1-4-23(39)36-11-9-34(10-12-36)19-15-37(20(19)16-38)22-13-21(31-25(32-22)26(27,28)29)35-7-5-18(6-8-35)24-17(2)14-30-33(24)3/h4,13-14,18-20,38H,1,5-12,15-16H2,2-3H3. The fourth-order valence-electron chi connectivity index (χ4n) is 6.16. The van der Waals surface area contributed by atoms with Crippen LogP contribution in [0.3, 0.4) is 0 Å². The van der Waals surface area contributed by atoms with Gasteiger partial charge in [-0.1, -0.05) is 6.58 Å². The second-order valence-corrected chi connectivity index (χ2v) is 10.5. The van der Waals surface area contributed by atoms with Gasteiger partial charge in [-0.2, -0.15) is 18.3 Å². The SMILES string of the molecule is C=CC(=O)N1CCN(C2CN(c3cc(N4CCC(c5c(C)cnn5C)CC4)nc(C(F)(F)F)n3)C2CO)CC1. The molecule has 2 aromatic rings. The van der Waals surface area contributed by atoms with Crippen molar-refractivity contribution in [3.8, 4) is 0 Å². The van der Waals surface area contributed by atoms with E-state index >= 15 is 0 Å². The molecule has 10 nitrogen and oxygen atoms in total. The molecule has 3 aliphatic rings. The smallest absolute Gasteiger partial charge is 0.394 e. The number of alkyl halides is 3. The molecule has 5 rings (SSSR count). The molecule has 1 amide bonds. The molecule has 212 valence electrons. The number of carbonyl (C=O) groups excluding carboxylic acids is 1. The fourth-order valence-corrected chi connectivity index (χ4v) is 6.16. The molecular weight excluding hydrogens is 513 g/mol. The molecule has 0 spiro atoms. The quantitative estimate of drug-likeness (QED) is 0.547. The van der Waals surface area contributed by atoms with Crippen LogP contribution in [0.2, 0.25) is 0 Å². The molecule has 3 fully saturated rings. The number of aromatic nitrogens is 4. The number of amides is 1. The van der Waals surface area contributed by atoms with E-state index < -0.39 is 18.0 Å². The molecule has 0 radical (unpaired) electrons. The Balaban J connectivity index is 1.31. The number of aliphatic hydroxyl groups is 1. The summed E-state index contributed by atoms with van der Waals surface area (Å²) in [4.78, 5) is 27.2. The van der Waals surface area contributed by atoms with Crippen LogP contribution in [0.15, 0.2) is 24.9 Å². The Labute approximate surface area is 225 Å². The molecule has 0 saturated carbocycles. The third-order valence-electron chi connectivity index (χ3n) is 8.31. The number of hydrogen-bond acceptors (Lipinski definition) is 8. The molecule has 2 unspecified atom stereocenters. The number of rotatable bonds is 6. The first-order valence-electron chi connectivity index (χ1n) is 13.3. The highest BCUT2D eigenvalue weighted by Gasteiger charge is 2.45. The third kappa shape index (κ3) is 5.33. The van der Waals surface area contributed by atoms with Gasteiger partial charge < -0.3 is 19.8 Å². The zero-order valence-corrected chi connectivity index (χ0v) is 22.3. The van der Waals surface area contributed by atoms with E-state index in [9.17, 15) is 23.1 Å². The van der Waals surface area contributed by atoms with Crippen LogP contribution < -0.4 is 9.80 Å². The van der Waals surface area contributed by atoms with Crippen LogP contribution in [-0.2, 0) is 18.0 Å². The van der Waals surface area contributed by atoms with Crippen LogP contribution in [0.5, 0.6) is 0 Å². The maximum atomic E-state index is 13.8. The van der Waals surface area contributed by atoms with Gasteiger partial charge in [0.25, 0.3) is 0 Å². The Hall–Kier alpha value is -3.19. The first kappa shape index (κ1) is 27.4. The van der Waals surface area contributed by atoms with Crippen molar-refractivity contribution in [3.05, 3.63) is 42.0 Å². The minimum Gasteiger partial charge on any atom is -0.394 e. The van der Waals surface area contributed by atoms with Gasteiger partial charge in [0, 0.05) is 76.6 Å². The van der Waals surface area contributed by atoms with Crippen LogP contribution in [0.25, 0.3) is 0 Å². The van der Waals surface area contributed by atoms with E-state index in [2.05, 4.69) is 26.5 Å². The number of hydrogen-bond donors (Lipinski definition) is 1. The normalized spacial score (nSPS) is 23.2. The summed E-state index contributed by atoms with van der Waals surface area (Å²) < 4.78 is 43.4. The van der Waals surface area contributed by atoms with Crippen molar-refractivity contribution in [2.75, 3.05) is 62.2 Å². The molecule has 2 aromatic heterocycles. The molecule has 0 aliphatic carbocycles. The molecule has 3 saturated heterocycles. The van der Waals surface area contributed by atoms with Crippen molar-refractivity contribution >= 4 is 17.5 Å². The minimum atomic E-state index is -4.69. The third-order valence-corrected chi connectivity index (χ3v) is 8.31. The number of aryl methyl sites for hydroxylation is 2. The number of halogens is 3. The lowest BCUT2D eigenvalue weighted by Crippen LogP contribution is -2.70. The number of nitrogens with zero attached hydrogens (tertiary/aromatic N) is 8. The van der Waals surface area contributed by atoms with Gasteiger partial charge >= 0.3 is 6.18 Å². The number of aliphatic hydroxyl groups excluding tert-OH is 1. The van der Waals surface area contributed by atoms with E-state index in [0.717, 1.165) is 18.4 Å². The summed E-state index contributed by atoms with van der Waals surface area (Å²) in [7, 11) is 1.92. The molecular formula is C26H35F3N8O2. The lowest BCUT2D eigenvalue weighted by Gasteiger charge is -2.54. The first-order chi connectivity index (χ1) is 18.6. The van der Waals surface area contributed by atoms with Gasteiger partial charge in [0.2, 0.25) is 11.7 Å². The van der Waals surface area contributed by atoms with Gasteiger partial charge in [-0.3, -0.25) is 14.4 Å². The van der Waals surface area contributed by atoms with E-state index in [4.69, 9.17) is 0 Å². The second kappa shape index (κ2) is 10.8. The summed E-state index contributed by atoms with van der Waals surface area (Å²) in [6, 6.07) is 1.18. The number of carbonyl (C=O) groups is 1. The van der Waals surface area contributed by atoms with Crippen LogP contribution in [0.4, 0.5) is 24.8 Å². The average molecular weight is 549 g/mol. The maximum Gasteiger partial charge on any atom is 0.451 e. The number of piperazine rings is 1. The number of piperidine rings is 1. The van der Waals surface area contributed by atoms with E-state index in [-0.39, 0.29) is 36.1 Å². The van der Waals surface area contributed by atoms with Crippen LogP contribution in [0.1, 0.15) is 35.8 Å². The zero-order valence-electron chi connectivity index (χ0n) is 22.3. The van der Waals surface area contributed by atoms with Crippen molar-refractivity contribution in [2.24, 2.45) is 7.05 Å². The summed E-state index contributed by atoms with van der Waals surface area (Å²) in [5.74, 6) is -0.571. The van der Waals surface area contributed by atoms with Gasteiger partial charge in [0.1, 0.15) is 11.6 Å². The monoisotopic (exact) mass is 548 g/mol. The van der Waals surface area contributed by atoms with Gasteiger partial charge in [0.05, 0.1) is 18.8 Å². The topological polar surface area (TPSA) is 93.9 Å². The summed E-state index contributed by atoms with van der Waals surface area (Å²) in [5, 5.41) is 14.5. The molecule has 0 bridgehead atoms. The Bertz CT molecular complexity index is 1180. The molecule has 39 heavy (non-hydrogen) atoms. The largest absolute Gasteiger partial charge is 0.451 e. The van der Waals surface area contributed by atoms with E-state index in [1.165, 1.54) is 11.8 Å². The van der Waals surface area contributed by atoms with Crippen LogP contribution in [0, 0.1) is 6.92 Å². The maximum absolute atomic E-state index is 13.8. The van der Waals surface area contributed by atoms with Gasteiger partial charge in [0.15, 0.2) is 0 Å². The Morgan fingerprint density at radius 3 is 2.36 bits per heavy atom. The Morgan fingerprint density at radius 2 is 1.79 bits per heavy atom. The lowest BCUT2D eigenvalue weighted by molar-refractivity contribution is -0.144. The van der Waals surface area contributed by atoms with Crippen molar-refractivity contribution in [1.29, 1.82) is 0 Å². The predicted octanol–water partition coefficient (Wildman–Crippen LogP) is 1.80. The summed E-state index contributed by atoms with van der Waals surface area (Å²) in [6.45, 7) is 9.27. The molecule has 5 heterocycles. The van der Waals surface area contributed by atoms with E-state index in [1.807, 2.05) is 29.7 Å². The average Bonchev–Trinajstić information content (AvgIpc) is 3.25.